The molecule has 0 saturated heterocycles. The van der Waals surface area contributed by atoms with E-state index in [2.05, 4.69) is 10.5 Å². The van der Waals surface area contributed by atoms with E-state index < -0.39 is 23.3 Å². The summed E-state index contributed by atoms with van der Waals surface area (Å²) >= 11 is 0. The number of aryl methyl sites for hydroxylation is 1. The number of esters is 1. The first-order valence-corrected chi connectivity index (χ1v) is 8.51. The third-order valence-electron chi connectivity index (χ3n) is 3.92. The monoisotopic (exact) mass is 393 g/mol. The molecule has 8 heteroatoms. The van der Waals surface area contributed by atoms with Crippen LogP contribution in [0.1, 0.15) is 26.3 Å². The number of hydrogen-bond donors (Lipinski definition) is 1. The van der Waals surface area contributed by atoms with Gasteiger partial charge in [0.05, 0.1) is 11.8 Å². The zero-order valence-corrected chi connectivity index (χ0v) is 15.3. The minimum absolute atomic E-state index is 0.0183. The molecule has 0 radical (unpaired) electrons. The molecule has 0 aliphatic rings. The minimum Gasteiger partial charge on any atom is -0.423 e. The number of amides is 1. The SMILES string of the molecule is Cn1cccc(C(=O)N/N=C\c2ccc(OC(=O)c3ccc(F)cc3)cc2)c1=O. The highest BCUT2D eigenvalue weighted by Crippen LogP contribution is 2.14. The largest absolute Gasteiger partial charge is 0.423 e. The van der Waals surface area contributed by atoms with Crippen LogP contribution in [0.3, 0.4) is 0 Å². The maximum absolute atomic E-state index is 12.9. The normalized spacial score (nSPS) is 10.7. The Morgan fingerprint density at radius 2 is 1.76 bits per heavy atom. The number of benzene rings is 2. The van der Waals surface area contributed by atoms with E-state index in [1.54, 1.807) is 43.6 Å². The average Bonchev–Trinajstić information content (AvgIpc) is 2.71. The highest BCUT2D eigenvalue weighted by molar-refractivity contribution is 5.94. The van der Waals surface area contributed by atoms with Crippen molar-refractivity contribution in [3.63, 3.8) is 0 Å². The number of ether oxygens (including phenoxy) is 1. The molecule has 0 aliphatic heterocycles. The molecule has 1 aromatic heterocycles. The number of carbonyl (C=O) groups excluding carboxylic acids is 2. The highest BCUT2D eigenvalue weighted by atomic mass is 19.1. The van der Waals surface area contributed by atoms with Gasteiger partial charge in [-0.05, 0) is 66.2 Å². The van der Waals surface area contributed by atoms with Gasteiger partial charge in [-0.1, -0.05) is 0 Å². The molecular weight excluding hydrogens is 377 g/mol. The number of carbonyl (C=O) groups is 2. The molecule has 0 aliphatic carbocycles. The Balaban J connectivity index is 1.59. The molecule has 3 aromatic rings. The summed E-state index contributed by atoms with van der Waals surface area (Å²) in [4.78, 5) is 35.9. The molecule has 0 saturated carbocycles. The van der Waals surface area contributed by atoms with E-state index in [0.29, 0.717) is 11.3 Å². The molecule has 7 nitrogen and oxygen atoms in total. The van der Waals surface area contributed by atoms with E-state index >= 15 is 0 Å². The summed E-state index contributed by atoms with van der Waals surface area (Å²) in [6, 6.07) is 14.4. The van der Waals surface area contributed by atoms with Crippen molar-refractivity contribution in [2.45, 2.75) is 0 Å². The molecule has 3 rings (SSSR count). The van der Waals surface area contributed by atoms with Gasteiger partial charge in [-0.25, -0.2) is 14.6 Å². The molecule has 1 N–H and O–H groups in total. The van der Waals surface area contributed by atoms with Crippen LogP contribution in [0.15, 0.2) is 76.8 Å². The number of nitrogens with zero attached hydrogens (tertiary/aromatic N) is 2. The Labute approximate surface area is 165 Å². The quantitative estimate of drug-likeness (QED) is 0.312. The van der Waals surface area contributed by atoms with Gasteiger partial charge in [-0.2, -0.15) is 5.10 Å². The second-order valence-corrected chi connectivity index (χ2v) is 6.00. The second kappa shape index (κ2) is 8.75. The molecule has 29 heavy (non-hydrogen) atoms. The Bertz CT molecular complexity index is 1120. The van der Waals surface area contributed by atoms with E-state index in [-0.39, 0.29) is 11.1 Å². The lowest BCUT2D eigenvalue weighted by Gasteiger charge is -2.04. The molecular formula is C21H16FN3O4. The third kappa shape index (κ3) is 5.01. The summed E-state index contributed by atoms with van der Waals surface area (Å²) in [5, 5.41) is 3.82. The summed E-state index contributed by atoms with van der Waals surface area (Å²) in [5.41, 5.74) is 2.71. The lowest BCUT2D eigenvalue weighted by Crippen LogP contribution is -2.29. The highest BCUT2D eigenvalue weighted by Gasteiger charge is 2.10. The summed E-state index contributed by atoms with van der Waals surface area (Å²) < 4.78 is 19.4. The number of rotatable bonds is 5. The lowest BCUT2D eigenvalue weighted by atomic mass is 10.2. The fraction of sp³-hybridized carbons (Fsp3) is 0.0476. The van der Waals surface area contributed by atoms with Crippen LogP contribution in [-0.4, -0.2) is 22.7 Å². The zero-order valence-electron chi connectivity index (χ0n) is 15.3. The summed E-state index contributed by atoms with van der Waals surface area (Å²) in [5.74, 6) is -1.37. The first-order chi connectivity index (χ1) is 13.9. The fourth-order valence-electron chi connectivity index (χ4n) is 2.37. The van der Waals surface area contributed by atoms with Crippen LogP contribution in [0.2, 0.25) is 0 Å². The molecule has 1 amide bonds. The van der Waals surface area contributed by atoms with Gasteiger partial charge in [0.25, 0.3) is 11.5 Å². The Morgan fingerprint density at radius 1 is 1.07 bits per heavy atom. The van der Waals surface area contributed by atoms with Crippen LogP contribution in [0.25, 0.3) is 0 Å². The van der Waals surface area contributed by atoms with Crippen molar-refractivity contribution in [1.29, 1.82) is 0 Å². The average molecular weight is 393 g/mol. The van der Waals surface area contributed by atoms with Gasteiger partial charge < -0.3 is 9.30 Å². The number of aromatic nitrogens is 1. The number of nitrogens with one attached hydrogen (secondary N) is 1. The van der Waals surface area contributed by atoms with Gasteiger partial charge in [-0.15, -0.1) is 0 Å². The molecule has 0 fully saturated rings. The molecule has 146 valence electrons. The molecule has 0 spiro atoms. The van der Waals surface area contributed by atoms with Crippen LogP contribution >= 0.6 is 0 Å². The van der Waals surface area contributed by atoms with Crippen molar-refractivity contribution in [2.75, 3.05) is 0 Å². The van der Waals surface area contributed by atoms with Crippen LogP contribution in [0, 0.1) is 5.82 Å². The maximum Gasteiger partial charge on any atom is 0.343 e. The van der Waals surface area contributed by atoms with Gasteiger partial charge in [0.15, 0.2) is 0 Å². The predicted octanol–water partition coefficient (Wildman–Crippen LogP) is 2.51. The van der Waals surface area contributed by atoms with Crippen molar-refractivity contribution in [3.05, 3.63) is 99.7 Å². The Kier molecular flexibility index (Phi) is 5.94. The van der Waals surface area contributed by atoms with Crippen molar-refractivity contribution in [2.24, 2.45) is 12.1 Å². The fourth-order valence-corrected chi connectivity index (χ4v) is 2.37. The first-order valence-electron chi connectivity index (χ1n) is 8.51. The molecule has 0 unspecified atom stereocenters. The molecule has 1 heterocycles. The predicted molar refractivity (Wildman–Crippen MR) is 105 cm³/mol. The van der Waals surface area contributed by atoms with E-state index in [1.807, 2.05) is 0 Å². The maximum atomic E-state index is 12.9. The zero-order chi connectivity index (χ0) is 20.8. The lowest BCUT2D eigenvalue weighted by molar-refractivity contribution is 0.0734. The summed E-state index contributed by atoms with van der Waals surface area (Å²) in [6.45, 7) is 0. The topological polar surface area (TPSA) is 89.8 Å². The smallest absolute Gasteiger partial charge is 0.343 e. The van der Waals surface area contributed by atoms with Gasteiger partial charge >= 0.3 is 5.97 Å². The molecule has 0 atom stereocenters. The minimum atomic E-state index is -0.618. The Morgan fingerprint density at radius 3 is 2.45 bits per heavy atom. The van der Waals surface area contributed by atoms with Crippen LogP contribution in [0.4, 0.5) is 4.39 Å². The van der Waals surface area contributed by atoms with Crippen molar-refractivity contribution in [1.82, 2.24) is 9.99 Å². The number of pyridine rings is 1. The molecule has 2 aromatic carbocycles. The van der Waals surface area contributed by atoms with Gasteiger partial charge in [0, 0.05) is 13.2 Å². The number of halogens is 1. The van der Waals surface area contributed by atoms with Crippen molar-refractivity contribution >= 4 is 18.1 Å². The van der Waals surface area contributed by atoms with Crippen LogP contribution in [-0.2, 0) is 7.05 Å². The molecule has 0 bridgehead atoms. The first kappa shape index (κ1) is 19.7. The van der Waals surface area contributed by atoms with Crippen molar-refractivity contribution < 1.29 is 18.7 Å². The van der Waals surface area contributed by atoms with Crippen LogP contribution in [0.5, 0.6) is 5.75 Å². The number of hydrazone groups is 1. The van der Waals surface area contributed by atoms with Gasteiger partial charge in [0.2, 0.25) is 0 Å². The Hall–Kier alpha value is -4.07. The van der Waals surface area contributed by atoms with E-state index in [4.69, 9.17) is 4.74 Å². The summed E-state index contributed by atoms with van der Waals surface area (Å²) in [7, 11) is 1.55. The number of hydrogen-bond acceptors (Lipinski definition) is 5. The van der Waals surface area contributed by atoms with Gasteiger partial charge in [0.1, 0.15) is 17.1 Å². The van der Waals surface area contributed by atoms with Crippen LogP contribution < -0.4 is 15.7 Å². The van der Waals surface area contributed by atoms with E-state index in [9.17, 15) is 18.8 Å². The van der Waals surface area contributed by atoms with Crippen molar-refractivity contribution in [3.8, 4) is 5.75 Å². The van der Waals surface area contributed by atoms with Gasteiger partial charge in [-0.3, -0.25) is 9.59 Å². The third-order valence-corrected chi connectivity index (χ3v) is 3.92. The summed E-state index contributed by atoms with van der Waals surface area (Å²) in [6.07, 6.45) is 2.93. The standard InChI is InChI=1S/C21H16FN3O4/c1-25-12-2-3-18(20(25)27)19(26)24-23-13-14-4-10-17(11-5-14)29-21(28)15-6-8-16(22)9-7-15/h2-13H,1H3,(H,24,26)/b23-13-. The van der Waals surface area contributed by atoms with E-state index in [1.165, 1.54) is 41.1 Å². The van der Waals surface area contributed by atoms with E-state index in [0.717, 1.165) is 0 Å². The second-order valence-electron chi connectivity index (χ2n) is 6.00.